The standard InChI is InChI=1S/2C17H34O3/c2*1-3-5-7-9-11-13-15-19-17(18)20-16-14-12-10-8-6-4-2/h2*3-16H2,1-2H3. The van der Waals surface area contributed by atoms with Crippen LogP contribution in [-0.2, 0) is 18.9 Å². The fraction of sp³-hybridized carbons (Fsp3) is 0.941. The predicted octanol–water partition coefficient (Wildman–Crippen LogP) is 11.7. The van der Waals surface area contributed by atoms with Crippen molar-refractivity contribution in [1.82, 2.24) is 0 Å². The van der Waals surface area contributed by atoms with Crippen molar-refractivity contribution in [3.05, 3.63) is 0 Å². The van der Waals surface area contributed by atoms with Gasteiger partial charge in [0, 0.05) is 0 Å². The topological polar surface area (TPSA) is 71.1 Å². The van der Waals surface area contributed by atoms with Gasteiger partial charge in [0.1, 0.15) is 0 Å². The Labute approximate surface area is 249 Å². The van der Waals surface area contributed by atoms with Crippen molar-refractivity contribution in [2.75, 3.05) is 26.4 Å². The number of carbonyl (C=O) groups excluding carboxylic acids is 2. The molecule has 0 radical (unpaired) electrons. The average molecular weight is 573 g/mol. The van der Waals surface area contributed by atoms with Gasteiger partial charge in [-0.05, 0) is 25.7 Å². The zero-order chi connectivity index (χ0) is 29.8. The van der Waals surface area contributed by atoms with Crippen molar-refractivity contribution >= 4 is 12.3 Å². The molecule has 0 atom stereocenters. The highest BCUT2D eigenvalue weighted by Gasteiger charge is 2.04. The number of rotatable bonds is 28. The van der Waals surface area contributed by atoms with Gasteiger partial charge in [-0.2, -0.15) is 0 Å². The van der Waals surface area contributed by atoms with E-state index in [1.807, 2.05) is 0 Å². The summed E-state index contributed by atoms with van der Waals surface area (Å²) in [5, 5.41) is 0. The summed E-state index contributed by atoms with van der Waals surface area (Å²) < 4.78 is 20.1. The lowest BCUT2D eigenvalue weighted by Crippen LogP contribution is -2.09. The molecule has 0 aliphatic rings. The maximum atomic E-state index is 11.3. The molecular formula is C34H68O6. The molecule has 0 unspecified atom stereocenters. The van der Waals surface area contributed by atoms with E-state index in [0.717, 1.165) is 51.4 Å². The van der Waals surface area contributed by atoms with Gasteiger partial charge in [0.05, 0.1) is 26.4 Å². The molecule has 0 aromatic heterocycles. The molecule has 40 heavy (non-hydrogen) atoms. The van der Waals surface area contributed by atoms with E-state index in [9.17, 15) is 9.59 Å². The summed E-state index contributed by atoms with van der Waals surface area (Å²) in [7, 11) is 0. The molecule has 0 bridgehead atoms. The van der Waals surface area contributed by atoms with Crippen LogP contribution in [-0.4, -0.2) is 38.7 Å². The second-order valence-corrected chi connectivity index (χ2v) is 11.0. The molecule has 0 fully saturated rings. The molecule has 0 spiro atoms. The van der Waals surface area contributed by atoms with Crippen molar-refractivity contribution in [1.29, 1.82) is 0 Å². The Hall–Kier alpha value is -1.46. The van der Waals surface area contributed by atoms with Gasteiger partial charge in [0.25, 0.3) is 0 Å². The van der Waals surface area contributed by atoms with E-state index in [2.05, 4.69) is 27.7 Å². The lowest BCUT2D eigenvalue weighted by molar-refractivity contribution is 0.0519. The summed E-state index contributed by atoms with van der Waals surface area (Å²) in [6, 6.07) is 0. The number of hydrogen-bond acceptors (Lipinski definition) is 6. The monoisotopic (exact) mass is 573 g/mol. The van der Waals surface area contributed by atoms with Crippen LogP contribution in [0.15, 0.2) is 0 Å². The molecule has 0 saturated carbocycles. The molecule has 240 valence electrons. The minimum Gasteiger partial charge on any atom is -0.434 e. The molecule has 0 aromatic carbocycles. The summed E-state index contributed by atoms with van der Waals surface area (Å²) in [4.78, 5) is 22.5. The normalized spacial score (nSPS) is 10.5. The highest BCUT2D eigenvalue weighted by Crippen LogP contribution is 2.08. The van der Waals surface area contributed by atoms with E-state index >= 15 is 0 Å². The van der Waals surface area contributed by atoms with Gasteiger partial charge < -0.3 is 18.9 Å². The van der Waals surface area contributed by atoms with Gasteiger partial charge in [-0.1, -0.05) is 156 Å². The number of hydrogen-bond donors (Lipinski definition) is 0. The van der Waals surface area contributed by atoms with Crippen molar-refractivity contribution in [2.45, 2.75) is 182 Å². The molecule has 0 heterocycles. The Balaban J connectivity index is 0. The molecule has 0 aliphatic carbocycles. The Bertz CT molecular complexity index is 413. The first kappa shape index (κ1) is 40.7. The number of carbonyl (C=O) groups is 2. The molecule has 0 amide bonds. The summed E-state index contributed by atoms with van der Waals surface area (Å²) in [5.74, 6) is 0. The Kier molecular flexibility index (Phi) is 38.2. The third kappa shape index (κ3) is 38.7. The van der Waals surface area contributed by atoms with Gasteiger partial charge >= 0.3 is 12.3 Å². The molecule has 0 aliphatic heterocycles. The van der Waals surface area contributed by atoms with Gasteiger partial charge in [0.15, 0.2) is 0 Å². The lowest BCUT2D eigenvalue weighted by Gasteiger charge is -2.06. The van der Waals surface area contributed by atoms with Crippen LogP contribution >= 0.6 is 0 Å². The quantitative estimate of drug-likeness (QED) is 0.0686. The van der Waals surface area contributed by atoms with E-state index in [-0.39, 0.29) is 0 Å². The van der Waals surface area contributed by atoms with Crippen molar-refractivity contribution in [2.24, 2.45) is 0 Å². The minimum absolute atomic E-state index is 0.493. The third-order valence-electron chi connectivity index (χ3n) is 6.87. The zero-order valence-corrected chi connectivity index (χ0v) is 27.2. The first-order chi connectivity index (χ1) is 19.6. The van der Waals surface area contributed by atoms with Crippen LogP contribution in [0, 0.1) is 0 Å². The highest BCUT2D eigenvalue weighted by molar-refractivity contribution is 5.60. The second kappa shape index (κ2) is 37.5. The van der Waals surface area contributed by atoms with E-state index in [1.54, 1.807) is 0 Å². The molecule has 0 rings (SSSR count). The molecule has 0 saturated heterocycles. The minimum atomic E-state index is -0.493. The summed E-state index contributed by atoms with van der Waals surface area (Å²) in [5.41, 5.74) is 0. The van der Waals surface area contributed by atoms with E-state index in [4.69, 9.17) is 18.9 Å². The zero-order valence-electron chi connectivity index (χ0n) is 27.2. The highest BCUT2D eigenvalue weighted by atomic mass is 16.7. The van der Waals surface area contributed by atoms with Crippen LogP contribution in [0.3, 0.4) is 0 Å². The van der Waals surface area contributed by atoms with E-state index < -0.39 is 12.3 Å². The average Bonchev–Trinajstić information content (AvgIpc) is 2.95. The third-order valence-corrected chi connectivity index (χ3v) is 6.87. The molecular weight excluding hydrogens is 504 g/mol. The van der Waals surface area contributed by atoms with Crippen LogP contribution in [0.5, 0.6) is 0 Å². The Morgan fingerprint density at radius 1 is 0.300 bits per heavy atom. The summed E-state index contributed by atoms with van der Waals surface area (Å²) in [6.07, 6.45) is 27.8. The lowest BCUT2D eigenvalue weighted by atomic mass is 10.1. The summed E-state index contributed by atoms with van der Waals surface area (Å²) >= 11 is 0. The van der Waals surface area contributed by atoms with Crippen LogP contribution < -0.4 is 0 Å². The first-order valence-corrected chi connectivity index (χ1v) is 17.2. The largest absolute Gasteiger partial charge is 0.508 e. The van der Waals surface area contributed by atoms with Crippen LogP contribution in [0.25, 0.3) is 0 Å². The second-order valence-electron chi connectivity index (χ2n) is 11.0. The molecule has 6 nitrogen and oxygen atoms in total. The Morgan fingerprint density at radius 3 is 0.675 bits per heavy atom. The van der Waals surface area contributed by atoms with Crippen LogP contribution in [0.1, 0.15) is 182 Å². The predicted molar refractivity (Wildman–Crippen MR) is 168 cm³/mol. The molecule has 0 N–H and O–H groups in total. The van der Waals surface area contributed by atoms with Gasteiger partial charge in [-0.25, -0.2) is 9.59 Å². The molecule has 6 heteroatoms. The van der Waals surface area contributed by atoms with Gasteiger partial charge in [-0.3, -0.25) is 0 Å². The van der Waals surface area contributed by atoms with E-state index in [0.29, 0.717) is 26.4 Å². The van der Waals surface area contributed by atoms with E-state index in [1.165, 1.54) is 103 Å². The van der Waals surface area contributed by atoms with Crippen LogP contribution in [0.4, 0.5) is 9.59 Å². The summed E-state index contributed by atoms with van der Waals surface area (Å²) in [6.45, 7) is 10.9. The van der Waals surface area contributed by atoms with Gasteiger partial charge in [0.2, 0.25) is 0 Å². The maximum Gasteiger partial charge on any atom is 0.508 e. The van der Waals surface area contributed by atoms with Gasteiger partial charge in [-0.15, -0.1) is 0 Å². The van der Waals surface area contributed by atoms with Crippen molar-refractivity contribution in [3.63, 3.8) is 0 Å². The number of unbranched alkanes of at least 4 members (excludes halogenated alkanes) is 20. The maximum absolute atomic E-state index is 11.3. The van der Waals surface area contributed by atoms with Crippen LogP contribution in [0.2, 0.25) is 0 Å². The SMILES string of the molecule is CCCCCCCCOC(=O)OCCCCCCCC.CCCCCCCCOC(=O)OCCCCCCCC. The fourth-order valence-corrected chi connectivity index (χ4v) is 4.23. The van der Waals surface area contributed by atoms with Crippen molar-refractivity contribution < 1.29 is 28.5 Å². The first-order valence-electron chi connectivity index (χ1n) is 17.2. The smallest absolute Gasteiger partial charge is 0.434 e. The van der Waals surface area contributed by atoms with Crippen molar-refractivity contribution in [3.8, 4) is 0 Å². The fourth-order valence-electron chi connectivity index (χ4n) is 4.23. The number of ether oxygens (including phenoxy) is 4. The molecule has 0 aromatic rings. The Morgan fingerprint density at radius 2 is 0.475 bits per heavy atom.